The van der Waals surface area contributed by atoms with Crippen LogP contribution < -0.4 is 4.74 Å². The van der Waals surface area contributed by atoms with Gasteiger partial charge in [-0.15, -0.1) is 0 Å². The first kappa shape index (κ1) is 16.0. The minimum Gasteiger partial charge on any atom is -0.478 e. The van der Waals surface area contributed by atoms with E-state index in [1.807, 2.05) is 0 Å². The summed E-state index contributed by atoms with van der Waals surface area (Å²) >= 11 is 17.8. The summed E-state index contributed by atoms with van der Waals surface area (Å²) in [5.41, 5.74) is 0.639. The van der Waals surface area contributed by atoms with Gasteiger partial charge in [-0.2, -0.15) is 0 Å². The molecule has 0 aliphatic carbocycles. The van der Waals surface area contributed by atoms with Gasteiger partial charge in [0.25, 0.3) is 0 Å². The monoisotopic (exact) mass is 344 g/mol. The third-order valence-corrected chi connectivity index (χ3v) is 3.70. The summed E-state index contributed by atoms with van der Waals surface area (Å²) in [5, 5.41) is 10.5. The molecular weight excluding hydrogens is 335 g/mol. The minimum atomic E-state index is -1.10. The first-order chi connectivity index (χ1) is 9.97. The predicted molar refractivity (Wildman–Crippen MR) is 83.7 cm³/mol. The van der Waals surface area contributed by atoms with Crippen molar-refractivity contribution < 1.29 is 14.6 Å². The average molecular weight is 346 g/mol. The lowest BCUT2D eigenvalue weighted by Gasteiger charge is -2.16. The molecule has 2 aromatic carbocycles. The Morgan fingerprint density at radius 2 is 1.81 bits per heavy atom. The standard InChI is InChI=1S/C15H11Cl3O3/c16-10-6-5-9(12(18)8-10)7-14(15(19)20)21-13-4-2-1-3-11(13)17/h1-6,8,14H,7H2,(H,19,20). The van der Waals surface area contributed by atoms with Crippen molar-refractivity contribution >= 4 is 40.8 Å². The Bertz CT molecular complexity index is 658. The molecule has 2 rings (SSSR count). The third kappa shape index (κ3) is 4.27. The van der Waals surface area contributed by atoms with E-state index >= 15 is 0 Å². The van der Waals surface area contributed by atoms with Crippen LogP contribution in [0.5, 0.6) is 5.75 Å². The number of hydrogen-bond donors (Lipinski definition) is 1. The van der Waals surface area contributed by atoms with Gasteiger partial charge in [0.05, 0.1) is 5.02 Å². The number of aliphatic carboxylic acids is 1. The largest absolute Gasteiger partial charge is 0.478 e. The number of ether oxygens (including phenoxy) is 1. The first-order valence-corrected chi connectivity index (χ1v) is 7.18. The van der Waals surface area contributed by atoms with Gasteiger partial charge < -0.3 is 9.84 Å². The molecule has 1 N–H and O–H groups in total. The zero-order valence-corrected chi connectivity index (χ0v) is 13.0. The van der Waals surface area contributed by atoms with E-state index in [1.165, 1.54) is 0 Å². The maximum atomic E-state index is 11.4. The van der Waals surface area contributed by atoms with Crippen LogP contribution in [-0.4, -0.2) is 17.2 Å². The van der Waals surface area contributed by atoms with E-state index in [-0.39, 0.29) is 6.42 Å². The van der Waals surface area contributed by atoms with Crippen molar-refractivity contribution in [1.29, 1.82) is 0 Å². The van der Waals surface area contributed by atoms with Crippen molar-refractivity contribution in [2.75, 3.05) is 0 Å². The lowest BCUT2D eigenvalue weighted by molar-refractivity contribution is -0.145. The summed E-state index contributed by atoms with van der Waals surface area (Å²) in [6, 6.07) is 11.6. The Hall–Kier alpha value is -1.42. The van der Waals surface area contributed by atoms with Crippen LogP contribution in [0.25, 0.3) is 0 Å². The molecule has 0 saturated heterocycles. The van der Waals surface area contributed by atoms with Crippen molar-refractivity contribution in [3.05, 3.63) is 63.1 Å². The molecule has 3 nitrogen and oxygen atoms in total. The number of halogens is 3. The quantitative estimate of drug-likeness (QED) is 0.852. The van der Waals surface area contributed by atoms with Crippen molar-refractivity contribution in [1.82, 2.24) is 0 Å². The molecule has 6 heteroatoms. The lowest BCUT2D eigenvalue weighted by Crippen LogP contribution is -2.29. The molecule has 0 saturated carbocycles. The van der Waals surface area contributed by atoms with Crippen LogP contribution in [0.2, 0.25) is 15.1 Å². The molecule has 21 heavy (non-hydrogen) atoms. The Morgan fingerprint density at radius 3 is 2.43 bits per heavy atom. The highest BCUT2D eigenvalue weighted by molar-refractivity contribution is 6.35. The van der Waals surface area contributed by atoms with Gasteiger partial charge in [0, 0.05) is 16.5 Å². The number of hydrogen-bond acceptors (Lipinski definition) is 2. The molecule has 0 aliphatic rings. The van der Waals surface area contributed by atoms with E-state index in [0.717, 1.165) is 0 Å². The van der Waals surface area contributed by atoms with Crippen LogP contribution in [-0.2, 0) is 11.2 Å². The van der Waals surface area contributed by atoms with Crippen LogP contribution >= 0.6 is 34.8 Å². The highest BCUT2D eigenvalue weighted by Gasteiger charge is 2.22. The summed E-state index contributed by atoms with van der Waals surface area (Å²) < 4.78 is 5.47. The van der Waals surface area contributed by atoms with E-state index in [9.17, 15) is 9.90 Å². The highest BCUT2D eigenvalue weighted by Crippen LogP contribution is 2.27. The second kappa shape index (κ2) is 7.03. The zero-order chi connectivity index (χ0) is 15.4. The maximum absolute atomic E-state index is 11.4. The van der Waals surface area contributed by atoms with E-state index in [2.05, 4.69) is 0 Å². The Labute approximate surface area is 137 Å². The molecular formula is C15H11Cl3O3. The van der Waals surface area contributed by atoms with Gasteiger partial charge in [-0.25, -0.2) is 4.79 Å². The van der Waals surface area contributed by atoms with Crippen molar-refractivity contribution in [2.45, 2.75) is 12.5 Å². The molecule has 0 aliphatic heterocycles. The van der Waals surface area contributed by atoms with E-state index in [4.69, 9.17) is 39.5 Å². The topological polar surface area (TPSA) is 46.5 Å². The lowest BCUT2D eigenvalue weighted by atomic mass is 10.1. The number of carbonyl (C=O) groups is 1. The van der Waals surface area contributed by atoms with Crippen molar-refractivity contribution in [3.63, 3.8) is 0 Å². The number of rotatable bonds is 5. The Kier molecular flexibility index (Phi) is 5.34. The molecule has 1 unspecified atom stereocenters. The normalized spacial score (nSPS) is 12.0. The molecule has 2 aromatic rings. The van der Waals surface area contributed by atoms with Gasteiger partial charge in [0.15, 0.2) is 6.10 Å². The number of carboxylic acid groups (broad SMARTS) is 1. The fraction of sp³-hybridized carbons (Fsp3) is 0.133. The smallest absolute Gasteiger partial charge is 0.345 e. The molecule has 0 aromatic heterocycles. The van der Waals surface area contributed by atoms with E-state index < -0.39 is 12.1 Å². The SMILES string of the molecule is O=C(O)C(Cc1ccc(Cl)cc1Cl)Oc1ccccc1Cl. The summed E-state index contributed by atoms with van der Waals surface area (Å²) in [7, 11) is 0. The van der Waals surface area contributed by atoms with Gasteiger partial charge in [0.2, 0.25) is 0 Å². The molecule has 0 heterocycles. The summed E-state index contributed by atoms with van der Waals surface area (Å²) in [6.45, 7) is 0. The third-order valence-electron chi connectivity index (χ3n) is 2.80. The van der Waals surface area contributed by atoms with Crippen molar-refractivity contribution in [3.8, 4) is 5.75 Å². The van der Waals surface area contributed by atoms with Gasteiger partial charge in [0.1, 0.15) is 5.75 Å². The average Bonchev–Trinajstić information content (AvgIpc) is 2.42. The molecule has 0 amide bonds. The van der Waals surface area contributed by atoms with Crippen LogP contribution in [0, 0.1) is 0 Å². The number of benzene rings is 2. The summed E-state index contributed by atoms with van der Waals surface area (Å²) in [4.78, 5) is 11.4. The van der Waals surface area contributed by atoms with Gasteiger partial charge in [-0.1, -0.05) is 53.0 Å². The second-order valence-corrected chi connectivity index (χ2v) is 5.57. The van der Waals surface area contributed by atoms with E-state index in [1.54, 1.807) is 42.5 Å². The number of carboxylic acids is 1. The molecule has 0 bridgehead atoms. The van der Waals surface area contributed by atoms with Crippen LogP contribution in [0.15, 0.2) is 42.5 Å². The fourth-order valence-electron chi connectivity index (χ4n) is 1.76. The van der Waals surface area contributed by atoms with Gasteiger partial charge in [-0.05, 0) is 29.8 Å². The van der Waals surface area contributed by atoms with Crippen LogP contribution in [0.4, 0.5) is 0 Å². The van der Waals surface area contributed by atoms with Gasteiger partial charge >= 0.3 is 5.97 Å². The van der Waals surface area contributed by atoms with Gasteiger partial charge in [-0.3, -0.25) is 0 Å². The molecule has 0 spiro atoms. The summed E-state index contributed by atoms with van der Waals surface area (Å²) in [5.74, 6) is -0.780. The molecule has 1 atom stereocenters. The van der Waals surface area contributed by atoms with E-state index in [0.29, 0.717) is 26.4 Å². The van der Waals surface area contributed by atoms with Crippen molar-refractivity contribution in [2.24, 2.45) is 0 Å². The highest BCUT2D eigenvalue weighted by atomic mass is 35.5. The molecule has 0 radical (unpaired) electrons. The molecule has 110 valence electrons. The maximum Gasteiger partial charge on any atom is 0.345 e. The minimum absolute atomic E-state index is 0.108. The summed E-state index contributed by atoms with van der Waals surface area (Å²) in [6.07, 6.45) is -0.986. The predicted octanol–water partition coefficient (Wildman–Crippen LogP) is 4.72. The molecule has 0 fully saturated rings. The Balaban J connectivity index is 2.20. The fourth-order valence-corrected chi connectivity index (χ4v) is 2.43. The Morgan fingerprint density at radius 1 is 1.10 bits per heavy atom. The van der Waals surface area contributed by atoms with Crippen LogP contribution in [0.3, 0.4) is 0 Å². The first-order valence-electron chi connectivity index (χ1n) is 6.05. The zero-order valence-electron chi connectivity index (χ0n) is 10.7. The number of para-hydroxylation sites is 1. The second-order valence-electron chi connectivity index (χ2n) is 4.32. The van der Waals surface area contributed by atoms with Crippen LogP contribution in [0.1, 0.15) is 5.56 Å².